The van der Waals surface area contributed by atoms with Crippen molar-refractivity contribution in [2.24, 2.45) is 0 Å². The molecule has 0 aromatic rings. The van der Waals surface area contributed by atoms with Gasteiger partial charge in [-0.15, -0.1) is 0 Å². The fraction of sp³-hybridized carbons (Fsp3) is 0.600. The molecule has 0 N–H and O–H groups in total. The maximum absolute atomic E-state index is 2.18. The van der Waals surface area contributed by atoms with Gasteiger partial charge in [0.05, 0.1) is 0 Å². The topological polar surface area (TPSA) is 0 Å². The molecule has 0 bridgehead atoms. The molecule has 0 heteroatoms. The highest BCUT2D eigenvalue weighted by atomic mass is 13.7. The van der Waals surface area contributed by atoms with Crippen molar-refractivity contribution >= 4 is 0 Å². The third kappa shape index (κ3) is 43.0. The Morgan fingerprint density at radius 2 is 1.27 bits per heavy atom. The summed E-state index contributed by atoms with van der Waals surface area (Å²) in [6, 6.07) is 0. The normalized spacial score (nSPS) is 9.20. The van der Waals surface area contributed by atoms with Crippen LogP contribution in [-0.2, 0) is 0 Å². The zero-order valence-corrected chi connectivity index (χ0v) is 10.9. The maximum Gasteiger partial charge on any atom is -0.0350 e. The third-order valence-corrected chi connectivity index (χ3v) is 1.12. The lowest BCUT2D eigenvalue weighted by atomic mass is 10.3. The molecule has 0 atom stereocenters. The molecule has 0 aromatic carbocycles. The van der Waals surface area contributed by atoms with Gasteiger partial charge in [-0.25, -0.2) is 0 Å². The molecule has 0 amide bonds. The molecule has 0 saturated carbocycles. The molecule has 15 heavy (non-hydrogen) atoms. The predicted octanol–water partition coefficient (Wildman–Crippen LogP) is 6.16. The van der Waals surface area contributed by atoms with E-state index in [0.717, 1.165) is 0 Å². The number of rotatable bonds is 4. The Hall–Kier alpha value is -0.780. The molecule has 0 radical (unpaired) electrons. The smallest absolute Gasteiger partial charge is 0.0350 e. The summed E-state index contributed by atoms with van der Waals surface area (Å²) >= 11 is 0. The highest BCUT2D eigenvalue weighted by Gasteiger charge is 1.67. The van der Waals surface area contributed by atoms with Crippen molar-refractivity contribution in [1.82, 2.24) is 0 Å². The molecule has 92 valence electrons. The average molecular weight is 212 g/mol. The van der Waals surface area contributed by atoms with Crippen LogP contribution in [0.2, 0.25) is 0 Å². The van der Waals surface area contributed by atoms with Gasteiger partial charge in [-0.2, -0.15) is 0 Å². The minimum Gasteiger partial charge on any atom is -0.0877 e. The molecule has 0 aliphatic rings. The Balaban J connectivity index is -0.000000107. The zero-order chi connectivity index (χ0) is 11.7. The van der Waals surface area contributed by atoms with Gasteiger partial charge < -0.3 is 0 Å². The Kier molecular flexibility index (Phi) is 60.1. The Bertz CT molecular complexity index is 127. The van der Waals surface area contributed by atoms with Crippen LogP contribution in [0.15, 0.2) is 36.5 Å². The molecule has 0 aromatic heterocycles. The molecule has 0 unspecified atom stereocenters. The Labute approximate surface area is 98.8 Å². The van der Waals surface area contributed by atoms with Gasteiger partial charge in [-0.1, -0.05) is 84.9 Å². The Morgan fingerprint density at radius 1 is 0.800 bits per heavy atom. The van der Waals surface area contributed by atoms with E-state index in [2.05, 4.69) is 25.2 Å². The summed E-state index contributed by atoms with van der Waals surface area (Å²) in [5.41, 5.74) is 0. The molecule has 0 aliphatic carbocycles. The second-order valence-electron chi connectivity index (χ2n) is 2.13. The van der Waals surface area contributed by atoms with E-state index in [0.29, 0.717) is 0 Å². The highest BCUT2D eigenvalue weighted by molar-refractivity contribution is 5.10. The van der Waals surface area contributed by atoms with Crippen LogP contribution < -0.4 is 0 Å². The van der Waals surface area contributed by atoms with Crippen LogP contribution in [0.5, 0.6) is 0 Å². The summed E-state index contributed by atoms with van der Waals surface area (Å²) in [4.78, 5) is 0. The molecule has 0 aliphatic heterocycles. The second kappa shape index (κ2) is 37.9. The quantitative estimate of drug-likeness (QED) is 0.489. The summed E-state index contributed by atoms with van der Waals surface area (Å²) in [6.45, 7) is 12.2. The van der Waals surface area contributed by atoms with E-state index in [1.54, 1.807) is 0 Å². The number of unbranched alkanes of at least 4 members (excludes halogenated alkanes) is 1. The molecule has 0 heterocycles. The summed E-state index contributed by atoms with van der Waals surface area (Å²) in [6.07, 6.45) is 14.8. The average Bonchev–Trinajstić information content (AvgIpc) is 2.29. The van der Waals surface area contributed by atoms with Gasteiger partial charge in [0.25, 0.3) is 0 Å². The molecular formula is C15H32. The molecular weight excluding hydrogens is 180 g/mol. The summed E-state index contributed by atoms with van der Waals surface area (Å²) in [7, 11) is 0. The van der Waals surface area contributed by atoms with Crippen molar-refractivity contribution in [2.45, 2.75) is 61.8 Å². The molecule has 0 rings (SSSR count). The zero-order valence-electron chi connectivity index (χ0n) is 10.9. The van der Waals surface area contributed by atoms with E-state index >= 15 is 0 Å². The van der Waals surface area contributed by atoms with E-state index in [-0.39, 0.29) is 7.43 Å². The monoisotopic (exact) mass is 212 g/mol. The molecule has 0 saturated heterocycles. The van der Waals surface area contributed by atoms with Crippen LogP contribution in [0, 0.1) is 0 Å². The summed E-state index contributed by atoms with van der Waals surface area (Å²) in [5, 5.41) is 0. The van der Waals surface area contributed by atoms with Gasteiger partial charge in [-0.05, 0) is 13.3 Å². The van der Waals surface area contributed by atoms with E-state index in [1.807, 2.05) is 52.8 Å². The first kappa shape index (κ1) is 23.8. The van der Waals surface area contributed by atoms with E-state index in [9.17, 15) is 0 Å². The van der Waals surface area contributed by atoms with Crippen molar-refractivity contribution in [3.8, 4) is 0 Å². The van der Waals surface area contributed by atoms with Crippen LogP contribution >= 0.6 is 0 Å². The first-order chi connectivity index (χ1) is 6.91. The van der Waals surface area contributed by atoms with Gasteiger partial charge in [0.2, 0.25) is 0 Å². The van der Waals surface area contributed by atoms with Crippen molar-refractivity contribution in [1.29, 1.82) is 0 Å². The van der Waals surface area contributed by atoms with Gasteiger partial charge in [0.15, 0.2) is 0 Å². The van der Waals surface area contributed by atoms with Crippen molar-refractivity contribution in [2.75, 3.05) is 0 Å². The predicted molar refractivity (Wildman–Crippen MR) is 77.4 cm³/mol. The van der Waals surface area contributed by atoms with Gasteiger partial charge in [0, 0.05) is 0 Å². The first-order valence-corrected chi connectivity index (χ1v) is 5.86. The van der Waals surface area contributed by atoms with Crippen LogP contribution in [0.1, 0.15) is 61.8 Å². The van der Waals surface area contributed by atoms with Crippen molar-refractivity contribution in [3.63, 3.8) is 0 Å². The fourth-order valence-corrected chi connectivity index (χ4v) is 0.581. The van der Waals surface area contributed by atoms with Gasteiger partial charge in [0.1, 0.15) is 0 Å². The first-order valence-electron chi connectivity index (χ1n) is 5.86. The maximum atomic E-state index is 2.18. The Morgan fingerprint density at radius 3 is 1.67 bits per heavy atom. The summed E-state index contributed by atoms with van der Waals surface area (Å²) in [5.74, 6) is 0. The highest BCUT2D eigenvalue weighted by Crippen LogP contribution is 1.88. The lowest BCUT2D eigenvalue weighted by Gasteiger charge is -1.78. The number of allylic oxidation sites excluding steroid dienone is 6. The largest absolute Gasteiger partial charge is 0.0877 e. The van der Waals surface area contributed by atoms with Gasteiger partial charge in [-0.3, -0.25) is 0 Å². The number of hydrogen-bond acceptors (Lipinski definition) is 0. The minimum atomic E-state index is 0. The van der Waals surface area contributed by atoms with Crippen molar-refractivity contribution < 1.29 is 0 Å². The minimum absolute atomic E-state index is 0. The second-order valence-corrected chi connectivity index (χ2v) is 2.13. The van der Waals surface area contributed by atoms with Crippen LogP contribution in [0.4, 0.5) is 0 Å². The molecule has 0 spiro atoms. The van der Waals surface area contributed by atoms with Crippen LogP contribution in [-0.4, -0.2) is 0 Å². The fourth-order valence-electron chi connectivity index (χ4n) is 0.581. The van der Waals surface area contributed by atoms with E-state index < -0.39 is 0 Å². The SMILES string of the molecule is C.CC.CC.C\C=C/C=C\C=C\CCC. The molecule has 0 fully saturated rings. The van der Waals surface area contributed by atoms with Crippen LogP contribution in [0.3, 0.4) is 0 Å². The lowest BCUT2D eigenvalue weighted by Crippen LogP contribution is -1.58. The van der Waals surface area contributed by atoms with Crippen molar-refractivity contribution in [3.05, 3.63) is 36.5 Å². The van der Waals surface area contributed by atoms with E-state index in [1.165, 1.54) is 12.8 Å². The summed E-state index contributed by atoms with van der Waals surface area (Å²) < 4.78 is 0. The molecule has 0 nitrogen and oxygen atoms in total. The van der Waals surface area contributed by atoms with E-state index in [4.69, 9.17) is 0 Å². The third-order valence-electron chi connectivity index (χ3n) is 1.12. The standard InChI is InChI=1S/C10H16.2C2H6.CH4/c1-3-5-7-9-10-8-6-4-2;2*1-2;/h3,5,7-10H,4,6H2,1-2H3;2*1-2H3;1H4/b5-3-,9-7-,10-8+;;;. The number of hydrogen-bond donors (Lipinski definition) is 0. The lowest BCUT2D eigenvalue weighted by molar-refractivity contribution is 0.959. The van der Waals surface area contributed by atoms with Gasteiger partial charge >= 0.3 is 0 Å². The van der Waals surface area contributed by atoms with Crippen LogP contribution in [0.25, 0.3) is 0 Å².